The summed E-state index contributed by atoms with van der Waals surface area (Å²) < 4.78 is 4.90. The Bertz CT molecular complexity index is 295. The lowest BCUT2D eigenvalue weighted by molar-refractivity contribution is 0.366. The largest absolute Gasteiger partial charge is 0.338 e. The van der Waals surface area contributed by atoms with E-state index in [1.165, 1.54) is 0 Å². The molecule has 1 aromatic heterocycles. The van der Waals surface area contributed by atoms with Gasteiger partial charge < -0.3 is 9.84 Å². The smallest absolute Gasteiger partial charge is 0.240 e. The van der Waals surface area contributed by atoms with Crippen LogP contribution in [0, 0.1) is 6.92 Å². The zero-order valence-corrected chi connectivity index (χ0v) is 8.43. The summed E-state index contributed by atoms with van der Waals surface area (Å²) in [7, 11) is 0. The molecule has 72 valence electrons. The zero-order chi connectivity index (χ0) is 9.68. The van der Waals surface area contributed by atoms with Gasteiger partial charge in [0.2, 0.25) is 5.89 Å². The minimum Gasteiger partial charge on any atom is -0.338 e. The Hall–Kier alpha value is -0.870. The number of aromatic nitrogens is 2. The molecule has 13 heavy (non-hydrogen) atoms. The van der Waals surface area contributed by atoms with Crippen LogP contribution in [0.2, 0.25) is 0 Å². The highest BCUT2D eigenvalue weighted by Crippen LogP contribution is 1.96. The van der Waals surface area contributed by atoms with Gasteiger partial charge in [-0.05, 0) is 19.4 Å². The molecule has 1 N–H and O–H groups in total. The Morgan fingerprint density at radius 3 is 3.00 bits per heavy atom. The van der Waals surface area contributed by atoms with Crippen LogP contribution in [-0.4, -0.2) is 16.7 Å². The molecule has 0 unspecified atom stereocenters. The van der Waals surface area contributed by atoms with Gasteiger partial charge in [0, 0.05) is 12.1 Å². The van der Waals surface area contributed by atoms with E-state index in [0.29, 0.717) is 18.3 Å². The highest BCUT2D eigenvalue weighted by Gasteiger charge is 2.00. The van der Waals surface area contributed by atoms with Gasteiger partial charge in [0.1, 0.15) is 0 Å². The maximum atomic E-state index is 5.48. The molecule has 5 heteroatoms. The van der Waals surface area contributed by atoms with Crippen molar-refractivity contribution in [2.24, 2.45) is 0 Å². The third kappa shape index (κ3) is 3.57. The van der Waals surface area contributed by atoms with Crippen molar-refractivity contribution in [2.45, 2.75) is 20.4 Å². The molecule has 0 amide bonds. The molecular weight excluding hydrogens is 190 g/mol. The van der Waals surface area contributed by atoms with Crippen LogP contribution in [0.5, 0.6) is 0 Å². The molecule has 1 aromatic rings. The van der Waals surface area contributed by atoms with Gasteiger partial charge in [-0.25, -0.2) is 0 Å². The van der Waals surface area contributed by atoms with Gasteiger partial charge in [0.25, 0.3) is 0 Å². The van der Waals surface area contributed by atoms with Crippen LogP contribution in [0.25, 0.3) is 0 Å². The first kappa shape index (κ1) is 10.2. The summed E-state index contributed by atoms with van der Waals surface area (Å²) in [5.74, 6) is 1.25. The van der Waals surface area contributed by atoms with Crippen molar-refractivity contribution in [3.05, 3.63) is 22.8 Å². The van der Waals surface area contributed by atoms with Crippen LogP contribution in [0.15, 0.2) is 15.6 Å². The summed E-state index contributed by atoms with van der Waals surface area (Å²) in [6.45, 7) is 5.03. The zero-order valence-electron chi connectivity index (χ0n) is 7.67. The predicted molar refractivity (Wildman–Crippen MR) is 50.4 cm³/mol. The van der Waals surface area contributed by atoms with Gasteiger partial charge in [-0.2, -0.15) is 4.98 Å². The van der Waals surface area contributed by atoms with Gasteiger partial charge in [0.15, 0.2) is 5.82 Å². The van der Waals surface area contributed by atoms with Gasteiger partial charge in [-0.15, -0.1) is 0 Å². The predicted octanol–water partition coefficient (Wildman–Crippen LogP) is 1.61. The minimum absolute atomic E-state index is 0.572. The van der Waals surface area contributed by atoms with Crippen molar-refractivity contribution < 1.29 is 4.52 Å². The molecule has 0 bridgehead atoms. The monoisotopic (exact) mass is 201 g/mol. The van der Waals surface area contributed by atoms with Gasteiger partial charge in [-0.1, -0.05) is 16.8 Å². The highest BCUT2D eigenvalue weighted by molar-refractivity contribution is 6.25. The van der Waals surface area contributed by atoms with E-state index >= 15 is 0 Å². The first-order valence-corrected chi connectivity index (χ1v) is 4.42. The maximum absolute atomic E-state index is 5.48. The standard InChI is InChI=1S/C8H12ClN3O/c1-6(3-9)4-10-5-8-11-7(2)12-13-8/h3,10H,4-5H2,1-2H3. The second kappa shape index (κ2) is 4.99. The van der Waals surface area contributed by atoms with E-state index in [4.69, 9.17) is 16.1 Å². The van der Waals surface area contributed by atoms with Crippen molar-refractivity contribution in [3.8, 4) is 0 Å². The molecule has 1 heterocycles. The normalized spacial score (nSPS) is 12.1. The lowest BCUT2D eigenvalue weighted by Gasteiger charge is -1.99. The minimum atomic E-state index is 0.572. The number of aryl methyl sites for hydroxylation is 1. The summed E-state index contributed by atoms with van der Waals surface area (Å²) in [5.41, 5.74) is 2.62. The third-order valence-electron chi connectivity index (χ3n) is 1.44. The Morgan fingerprint density at radius 2 is 2.46 bits per heavy atom. The SMILES string of the molecule is CC(=CCl)CNCc1nc(C)no1. The van der Waals surface area contributed by atoms with E-state index in [1.807, 2.05) is 6.92 Å². The fourth-order valence-electron chi connectivity index (χ4n) is 0.817. The molecule has 0 spiro atoms. The second-order valence-corrected chi connectivity index (χ2v) is 3.01. The quantitative estimate of drug-likeness (QED) is 0.804. The number of halogens is 1. The van der Waals surface area contributed by atoms with Gasteiger partial charge in [0.05, 0.1) is 6.54 Å². The second-order valence-electron chi connectivity index (χ2n) is 2.79. The van der Waals surface area contributed by atoms with Crippen molar-refractivity contribution in [3.63, 3.8) is 0 Å². The summed E-state index contributed by atoms with van der Waals surface area (Å²) in [6.07, 6.45) is 0. The van der Waals surface area contributed by atoms with E-state index in [-0.39, 0.29) is 0 Å². The molecule has 1 rings (SSSR count). The van der Waals surface area contributed by atoms with Crippen molar-refractivity contribution in [1.82, 2.24) is 15.5 Å². The highest BCUT2D eigenvalue weighted by atomic mass is 35.5. The van der Waals surface area contributed by atoms with E-state index < -0.39 is 0 Å². The molecule has 0 aromatic carbocycles. The Labute approximate surface area is 82.0 Å². The molecule has 0 saturated carbocycles. The van der Waals surface area contributed by atoms with Crippen LogP contribution in [0.4, 0.5) is 0 Å². The molecule has 0 aliphatic carbocycles. The number of nitrogens with one attached hydrogen (secondary N) is 1. The van der Waals surface area contributed by atoms with E-state index in [1.54, 1.807) is 12.5 Å². The number of hydrogen-bond acceptors (Lipinski definition) is 4. The number of hydrogen-bond donors (Lipinski definition) is 1. The van der Waals surface area contributed by atoms with Crippen molar-refractivity contribution in [1.29, 1.82) is 0 Å². The van der Waals surface area contributed by atoms with Crippen LogP contribution in [0.1, 0.15) is 18.6 Å². The summed E-state index contributed by atoms with van der Waals surface area (Å²) >= 11 is 5.48. The summed E-state index contributed by atoms with van der Waals surface area (Å²) in [6, 6.07) is 0. The molecule has 0 fully saturated rings. The van der Waals surface area contributed by atoms with Crippen molar-refractivity contribution >= 4 is 11.6 Å². The van der Waals surface area contributed by atoms with E-state index in [2.05, 4.69) is 15.5 Å². The topological polar surface area (TPSA) is 51.0 Å². The molecule has 0 saturated heterocycles. The van der Waals surface area contributed by atoms with E-state index in [0.717, 1.165) is 12.1 Å². The fourth-order valence-corrected chi connectivity index (χ4v) is 0.894. The molecular formula is C8H12ClN3O. The number of nitrogens with zero attached hydrogens (tertiary/aromatic N) is 2. The van der Waals surface area contributed by atoms with Crippen LogP contribution < -0.4 is 5.32 Å². The first-order valence-electron chi connectivity index (χ1n) is 3.98. The first-order chi connectivity index (χ1) is 6.22. The average Bonchev–Trinajstić information content (AvgIpc) is 2.51. The molecule has 4 nitrogen and oxygen atoms in total. The van der Waals surface area contributed by atoms with E-state index in [9.17, 15) is 0 Å². The van der Waals surface area contributed by atoms with Crippen LogP contribution >= 0.6 is 11.6 Å². The average molecular weight is 202 g/mol. The third-order valence-corrected chi connectivity index (χ3v) is 1.81. The fraction of sp³-hybridized carbons (Fsp3) is 0.500. The Morgan fingerprint density at radius 1 is 1.69 bits per heavy atom. The Kier molecular flexibility index (Phi) is 3.92. The molecule has 0 radical (unpaired) electrons. The maximum Gasteiger partial charge on any atom is 0.240 e. The molecule has 0 aliphatic rings. The lowest BCUT2D eigenvalue weighted by Crippen LogP contribution is -2.15. The summed E-state index contributed by atoms with van der Waals surface area (Å²) in [4.78, 5) is 4.04. The van der Waals surface area contributed by atoms with Crippen molar-refractivity contribution in [2.75, 3.05) is 6.54 Å². The Balaban J connectivity index is 2.28. The summed E-state index contributed by atoms with van der Waals surface area (Å²) in [5, 5.41) is 6.78. The van der Waals surface area contributed by atoms with Crippen LogP contribution in [0.3, 0.4) is 0 Å². The number of rotatable bonds is 4. The molecule has 0 aliphatic heterocycles. The molecule has 0 atom stereocenters. The van der Waals surface area contributed by atoms with Gasteiger partial charge in [-0.3, -0.25) is 0 Å². The van der Waals surface area contributed by atoms with Crippen LogP contribution in [-0.2, 0) is 6.54 Å². The van der Waals surface area contributed by atoms with Gasteiger partial charge >= 0.3 is 0 Å². The lowest BCUT2D eigenvalue weighted by atomic mass is 10.3.